The van der Waals surface area contributed by atoms with Crippen LogP contribution in [0.3, 0.4) is 0 Å². The average molecular weight is 454 g/mol. The lowest BCUT2D eigenvalue weighted by molar-refractivity contribution is 0.0205. The summed E-state index contributed by atoms with van der Waals surface area (Å²) in [6.07, 6.45) is 0.485. The van der Waals surface area contributed by atoms with Gasteiger partial charge in [0.2, 0.25) is 0 Å². The minimum Gasteiger partial charge on any atom is -0.444 e. The quantitative estimate of drug-likeness (QED) is 0.659. The van der Waals surface area contributed by atoms with E-state index in [4.69, 9.17) is 9.72 Å². The van der Waals surface area contributed by atoms with Crippen LogP contribution in [0, 0.1) is 18.8 Å². The molecule has 8 heteroatoms. The molecule has 0 spiro atoms. The number of aromatic nitrogens is 1. The highest BCUT2D eigenvalue weighted by molar-refractivity contribution is 7.09. The Morgan fingerprint density at radius 3 is 2.41 bits per heavy atom. The number of ether oxygens (including phenoxy) is 1. The molecular formula is C24H27N3O4S. The molecule has 2 fully saturated rings. The van der Waals surface area contributed by atoms with Crippen LogP contribution >= 0.6 is 11.3 Å². The first-order chi connectivity index (χ1) is 15.1. The van der Waals surface area contributed by atoms with Crippen molar-refractivity contribution < 1.29 is 19.1 Å². The number of thiazole rings is 1. The molecule has 1 saturated heterocycles. The largest absolute Gasteiger partial charge is 0.444 e. The van der Waals surface area contributed by atoms with Crippen LogP contribution in [0.4, 0.5) is 4.79 Å². The number of fused-ring (bicyclic) bond motifs is 2. The van der Waals surface area contributed by atoms with Crippen LogP contribution in [0.5, 0.6) is 0 Å². The van der Waals surface area contributed by atoms with Crippen molar-refractivity contribution in [2.75, 3.05) is 19.6 Å². The minimum absolute atomic E-state index is 0.138. The summed E-state index contributed by atoms with van der Waals surface area (Å²) in [5.74, 6) is -0.0773. The van der Waals surface area contributed by atoms with Crippen LogP contribution < -0.4 is 0 Å². The van der Waals surface area contributed by atoms with Crippen molar-refractivity contribution in [2.24, 2.45) is 11.8 Å². The maximum Gasteiger partial charge on any atom is 0.410 e. The van der Waals surface area contributed by atoms with Gasteiger partial charge in [-0.25, -0.2) is 9.78 Å². The number of benzene rings is 1. The van der Waals surface area contributed by atoms with E-state index in [9.17, 15) is 14.4 Å². The summed E-state index contributed by atoms with van der Waals surface area (Å²) in [7, 11) is 0. The van der Waals surface area contributed by atoms with E-state index in [0.29, 0.717) is 30.8 Å². The highest BCUT2D eigenvalue weighted by Crippen LogP contribution is 2.64. The van der Waals surface area contributed by atoms with Gasteiger partial charge in [0.1, 0.15) is 10.6 Å². The van der Waals surface area contributed by atoms with Crippen molar-refractivity contribution in [3.63, 3.8) is 0 Å². The Balaban J connectivity index is 1.44. The lowest BCUT2D eigenvalue weighted by Gasteiger charge is -2.29. The summed E-state index contributed by atoms with van der Waals surface area (Å²) in [5, 5.41) is 2.96. The van der Waals surface area contributed by atoms with E-state index in [1.165, 1.54) is 4.90 Å². The molecule has 32 heavy (non-hydrogen) atoms. The summed E-state index contributed by atoms with van der Waals surface area (Å²) in [5.41, 5.74) is 0.882. The van der Waals surface area contributed by atoms with E-state index < -0.39 is 11.0 Å². The Bertz CT molecular complexity index is 1090. The summed E-state index contributed by atoms with van der Waals surface area (Å²) in [4.78, 5) is 46.8. The molecule has 2 aliphatic heterocycles. The zero-order valence-electron chi connectivity index (χ0n) is 18.8. The van der Waals surface area contributed by atoms with Gasteiger partial charge in [-0.2, -0.15) is 0 Å². The van der Waals surface area contributed by atoms with Gasteiger partial charge in [0.15, 0.2) is 0 Å². The summed E-state index contributed by atoms with van der Waals surface area (Å²) in [6, 6.07) is 6.98. The molecule has 1 aliphatic carbocycles. The molecule has 0 N–H and O–H groups in total. The molecule has 3 amide bonds. The highest BCUT2D eigenvalue weighted by Gasteiger charge is 2.69. The van der Waals surface area contributed by atoms with Crippen LogP contribution in [0.15, 0.2) is 29.6 Å². The fraction of sp³-hybridized carbons (Fsp3) is 0.500. The monoisotopic (exact) mass is 453 g/mol. The predicted octanol–water partition coefficient (Wildman–Crippen LogP) is 3.87. The van der Waals surface area contributed by atoms with Gasteiger partial charge >= 0.3 is 6.09 Å². The number of aryl methyl sites for hydroxylation is 1. The Kier molecular flexibility index (Phi) is 4.71. The molecule has 2 aromatic rings. The number of imide groups is 1. The number of carbonyl (C=O) groups is 3. The first-order valence-electron chi connectivity index (χ1n) is 11.0. The van der Waals surface area contributed by atoms with Crippen LogP contribution in [0.1, 0.15) is 58.6 Å². The van der Waals surface area contributed by atoms with Crippen LogP contribution in [0.25, 0.3) is 0 Å². The summed E-state index contributed by atoms with van der Waals surface area (Å²) >= 11 is 1.58. The molecule has 7 nitrogen and oxygen atoms in total. The highest BCUT2D eigenvalue weighted by atomic mass is 32.1. The lowest BCUT2D eigenvalue weighted by atomic mass is 10.0. The third-order valence-electron chi connectivity index (χ3n) is 6.79. The Morgan fingerprint density at radius 2 is 1.84 bits per heavy atom. The average Bonchev–Trinajstić information content (AvgIpc) is 3.03. The van der Waals surface area contributed by atoms with Gasteiger partial charge < -0.3 is 9.64 Å². The fourth-order valence-corrected chi connectivity index (χ4v) is 6.42. The van der Waals surface area contributed by atoms with Gasteiger partial charge in [0, 0.05) is 36.1 Å². The second kappa shape index (κ2) is 7.13. The Hall–Kier alpha value is -2.74. The Morgan fingerprint density at radius 1 is 1.19 bits per heavy atom. The molecule has 3 aliphatic rings. The molecule has 168 valence electrons. The number of hydrogen-bond donors (Lipinski definition) is 0. The number of hydrogen-bond acceptors (Lipinski definition) is 6. The van der Waals surface area contributed by atoms with Crippen LogP contribution in [0.2, 0.25) is 0 Å². The standard InChI is InChI=1S/C24H27N3O4S/c1-14-12-32-21(25-14)24(13-27-19(28)15-7-5-6-8-16(15)20(27)29)17-9-10-26(11-18(17)24)22(30)31-23(2,3)4/h5-8,12,17-18H,9-11,13H2,1-4H3/t17-,18+,24+/m1/s1. The van der Waals surface area contributed by atoms with Crippen LogP contribution in [-0.2, 0) is 10.2 Å². The van der Waals surface area contributed by atoms with Crippen molar-refractivity contribution in [2.45, 2.75) is 45.1 Å². The van der Waals surface area contributed by atoms with Crippen LogP contribution in [-0.4, -0.2) is 57.9 Å². The fourth-order valence-electron chi connectivity index (χ4n) is 5.30. The second-order valence-electron chi connectivity index (χ2n) is 10.0. The molecular weight excluding hydrogens is 426 g/mol. The molecule has 1 aromatic heterocycles. The second-order valence-corrected chi connectivity index (χ2v) is 10.9. The SMILES string of the molecule is Cc1csc([C@@]2(CN3C(=O)c4ccccc4C3=O)[C@@H]3CCN(C(=O)OC(C)(C)C)C[C@@H]32)n1. The van der Waals surface area contributed by atoms with Gasteiger partial charge in [-0.3, -0.25) is 14.5 Å². The van der Waals surface area contributed by atoms with E-state index in [2.05, 4.69) is 0 Å². The van der Waals surface area contributed by atoms with Crippen molar-refractivity contribution in [1.82, 2.24) is 14.8 Å². The molecule has 3 atom stereocenters. The zero-order chi connectivity index (χ0) is 22.8. The van der Waals surface area contributed by atoms with E-state index in [1.807, 2.05) is 33.1 Å². The summed E-state index contributed by atoms with van der Waals surface area (Å²) in [6.45, 7) is 8.98. The number of nitrogens with zero attached hydrogens (tertiary/aromatic N) is 3. The molecule has 5 rings (SSSR count). The smallest absolute Gasteiger partial charge is 0.410 e. The first kappa shape index (κ1) is 21.1. The summed E-state index contributed by atoms with van der Waals surface area (Å²) < 4.78 is 5.59. The van der Waals surface area contributed by atoms with Gasteiger partial charge in [0.05, 0.1) is 11.1 Å². The minimum atomic E-state index is -0.554. The molecule has 3 heterocycles. The lowest BCUT2D eigenvalue weighted by Crippen LogP contribution is -2.41. The number of rotatable bonds is 3. The number of piperidine rings is 1. The molecule has 1 aromatic carbocycles. The van der Waals surface area contributed by atoms with Gasteiger partial charge in [-0.1, -0.05) is 12.1 Å². The molecule has 0 radical (unpaired) electrons. The van der Waals surface area contributed by atoms with Gasteiger partial charge in [-0.15, -0.1) is 11.3 Å². The topological polar surface area (TPSA) is 79.8 Å². The zero-order valence-corrected chi connectivity index (χ0v) is 19.6. The normalized spacial score (nSPS) is 26.8. The Labute approximate surface area is 191 Å². The van der Waals surface area contributed by atoms with E-state index in [-0.39, 0.29) is 29.7 Å². The third-order valence-corrected chi connectivity index (χ3v) is 7.95. The number of amides is 3. The predicted molar refractivity (Wildman–Crippen MR) is 120 cm³/mol. The van der Waals surface area contributed by atoms with E-state index >= 15 is 0 Å². The molecule has 0 bridgehead atoms. The molecule has 0 unspecified atom stereocenters. The number of carbonyl (C=O) groups excluding carboxylic acids is 3. The van der Waals surface area contributed by atoms with Crippen molar-refractivity contribution >= 4 is 29.2 Å². The molecule has 1 saturated carbocycles. The maximum atomic E-state index is 13.1. The number of likely N-dealkylation sites (tertiary alicyclic amines) is 1. The maximum absolute atomic E-state index is 13.1. The van der Waals surface area contributed by atoms with Gasteiger partial charge in [-0.05, 0) is 58.1 Å². The van der Waals surface area contributed by atoms with Crippen molar-refractivity contribution in [1.29, 1.82) is 0 Å². The van der Waals surface area contributed by atoms with Crippen molar-refractivity contribution in [3.05, 3.63) is 51.5 Å². The first-order valence-corrected chi connectivity index (χ1v) is 11.9. The third kappa shape index (κ3) is 3.23. The van der Waals surface area contributed by atoms with Crippen molar-refractivity contribution in [3.8, 4) is 0 Å². The van der Waals surface area contributed by atoms with E-state index in [1.54, 1.807) is 40.5 Å². The van der Waals surface area contributed by atoms with E-state index in [0.717, 1.165) is 17.1 Å². The van der Waals surface area contributed by atoms with Gasteiger partial charge in [0.25, 0.3) is 11.8 Å².